The van der Waals surface area contributed by atoms with E-state index in [9.17, 15) is 26.7 Å². The Kier molecular flexibility index (Phi) is 9.58. The van der Waals surface area contributed by atoms with Gasteiger partial charge >= 0.3 is 6.09 Å². The first kappa shape index (κ1) is 32.1. The van der Waals surface area contributed by atoms with Crippen molar-refractivity contribution in [1.29, 1.82) is 0 Å². The number of nitrogens with one attached hydrogen (secondary N) is 2. The standard InChI is InChI=1S/C26H37N5O8S2/c1-17(2)39-31-22-15-20(13-14-21(22)27-24(31)29-40(7,34)35)41(36,37)30(16-19-11-9-8-10-12-19)23(18(3)32)28-25(33)38-26(4,5)6/h8-15,17-18,23,32H,16H2,1-7H3,(H,27,29)(H,28,33)/t18-,23+/m1/s1. The van der Waals surface area contributed by atoms with E-state index in [1.54, 1.807) is 65.0 Å². The van der Waals surface area contributed by atoms with Gasteiger partial charge in [0.05, 0.1) is 22.8 Å². The van der Waals surface area contributed by atoms with E-state index >= 15 is 0 Å². The molecule has 1 amide bonds. The van der Waals surface area contributed by atoms with E-state index in [-0.39, 0.29) is 28.4 Å². The van der Waals surface area contributed by atoms with Gasteiger partial charge in [0, 0.05) is 6.54 Å². The summed E-state index contributed by atoms with van der Waals surface area (Å²) < 4.78 is 61.9. The number of alkyl carbamates (subject to hydrolysis) is 1. The molecule has 0 aliphatic carbocycles. The first-order valence-electron chi connectivity index (χ1n) is 12.8. The summed E-state index contributed by atoms with van der Waals surface area (Å²) in [6, 6.07) is 12.7. The molecule has 0 unspecified atom stereocenters. The molecule has 2 aromatic carbocycles. The van der Waals surface area contributed by atoms with E-state index in [4.69, 9.17) is 9.57 Å². The zero-order valence-electron chi connectivity index (χ0n) is 24.0. The van der Waals surface area contributed by atoms with Crippen LogP contribution in [0.5, 0.6) is 0 Å². The lowest BCUT2D eigenvalue weighted by atomic mass is 10.2. The zero-order chi connectivity index (χ0) is 30.8. The molecule has 226 valence electrons. The average Bonchev–Trinajstić information content (AvgIpc) is 3.14. The second kappa shape index (κ2) is 12.2. The largest absolute Gasteiger partial charge is 0.444 e. The van der Waals surface area contributed by atoms with Crippen molar-refractivity contribution in [2.45, 2.75) is 77.0 Å². The molecule has 0 aliphatic heterocycles. The molecule has 3 aromatic rings. The lowest BCUT2D eigenvalue weighted by Crippen LogP contribution is -2.56. The van der Waals surface area contributed by atoms with Crippen LogP contribution in [0.3, 0.4) is 0 Å². The van der Waals surface area contributed by atoms with Gasteiger partial charge in [-0.1, -0.05) is 30.3 Å². The van der Waals surface area contributed by atoms with Crippen molar-refractivity contribution in [3.63, 3.8) is 0 Å². The van der Waals surface area contributed by atoms with Crippen LogP contribution in [0.15, 0.2) is 53.4 Å². The molecule has 3 N–H and O–H groups in total. The van der Waals surface area contributed by atoms with Gasteiger partial charge in [0.1, 0.15) is 23.4 Å². The molecule has 41 heavy (non-hydrogen) atoms. The number of rotatable bonds is 11. The highest BCUT2D eigenvalue weighted by molar-refractivity contribution is 7.92. The van der Waals surface area contributed by atoms with E-state index in [1.165, 1.54) is 25.1 Å². The molecule has 1 aromatic heterocycles. The monoisotopic (exact) mass is 611 g/mol. The van der Waals surface area contributed by atoms with Gasteiger partial charge in [0.15, 0.2) is 0 Å². The maximum atomic E-state index is 14.2. The molecular weight excluding hydrogens is 574 g/mol. The summed E-state index contributed by atoms with van der Waals surface area (Å²) in [5, 5.41) is 13.2. The highest BCUT2D eigenvalue weighted by Crippen LogP contribution is 2.27. The quantitative estimate of drug-likeness (QED) is 0.276. The summed E-state index contributed by atoms with van der Waals surface area (Å²) in [6.07, 6.45) is -3.13. The number of ether oxygens (including phenoxy) is 1. The Morgan fingerprint density at radius 1 is 1.07 bits per heavy atom. The number of hydrogen-bond donors (Lipinski definition) is 3. The van der Waals surface area contributed by atoms with Crippen molar-refractivity contribution in [3.8, 4) is 0 Å². The maximum Gasteiger partial charge on any atom is 0.409 e. The fourth-order valence-corrected chi connectivity index (χ4v) is 5.91. The van der Waals surface area contributed by atoms with Gasteiger partial charge in [-0.3, -0.25) is 4.72 Å². The third kappa shape index (κ3) is 8.55. The number of hydrogen-bond acceptors (Lipinski definition) is 9. The third-order valence-electron chi connectivity index (χ3n) is 5.40. The van der Waals surface area contributed by atoms with Crippen LogP contribution in [0.25, 0.3) is 11.0 Å². The molecule has 0 saturated carbocycles. The first-order valence-corrected chi connectivity index (χ1v) is 16.1. The number of imidazole rings is 1. The van der Waals surface area contributed by atoms with Crippen LogP contribution in [-0.2, 0) is 31.3 Å². The molecule has 0 spiro atoms. The number of aliphatic hydroxyl groups is 1. The molecule has 15 heteroatoms. The number of fused-ring (bicyclic) bond motifs is 1. The second-order valence-corrected chi connectivity index (χ2v) is 14.4. The molecule has 0 aliphatic rings. The number of nitrogens with zero attached hydrogens (tertiary/aromatic N) is 3. The minimum atomic E-state index is -4.43. The van der Waals surface area contributed by atoms with Crippen molar-refractivity contribution < 1.29 is 36.3 Å². The summed E-state index contributed by atoms with van der Waals surface area (Å²) in [5.41, 5.74) is 0.179. The van der Waals surface area contributed by atoms with E-state index in [0.29, 0.717) is 5.56 Å². The minimum Gasteiger partial charge on any atom is -0.444 e. The van der Waals surface area contributed by atoms with E-state index < -0.39 is 50.1 Å². The van der Waals surface area contributed by atoms with Crippen molar-refractivity contribution in [3.05, 3.63) is 54.1 Å². The Morgan fingerprint density at radius 2 is 1.71 bits per heavy atom. The number of carbonyl (C=O) groups excluding carboxylic acids is 1. The zero-order valence-corrected chi connectivity index (χ0v) is 25.7. The van der Waals surface area contributed by atoms with E-state index in [0.717, 1.165) is 15.3 Å². The van der Waals surface area contributed by atoms with Crippen LogP contribution >= 0.6 is 0 Å². The smallest absolute Gasteiger partial charge is 0.409 e. The Hall–Kier alpha value is -3.40. The van der Waals surface area contributed by atoms with Crippen molar-refractivity contribution in [2.75, 3.05) is 11.0 Å². The van der Waals surface area contributed by atoms with Crippen LogP contribution in [0.4, 0.5) is 10.7 Å². The molecule has 0 saturated heterocycles. The maximum absolute atomic E-state index is 14.2. The third-order valence-corrected chi connectivity index (χ3v) is 7.77. The van der Waals surface area contributed by atoms with Crippen LogP contribution in [-0.4, -0.2) is 72.3 Å². The number of sulfonamides is 2. The normalized spacial score (nSPS) is 14.2. The number of carbonyl (C=O) groups is 1. The Labute approximate surface area is 240 Å². The van der Waals surface area contributed by atoms with Gasteiger partial charge < -0.3 is 20.0 Å². The highest BCUT2D eigenvalue weighted by Gasteiger charge is 2.37. The predicted octanol–water partition coefficient (Wildman–Crippen LogP) is 2.67. The summed E-state index contributed by atoms with van der Waals surface area (Å²) >= 11 is 0. The van der Waals surface area contributed by atoms with Gasteiger partial charge in [-0.25, -0.2) is 26.6 Å². The molecule has 0 bridgehead atoms. The van der Waals surface area contributed by atoms with Crippen molar-refractivity contribution >= 4 is 43.1 Å². The lowest BCUT2D eigenvalue weighted by Gasteiger charge is -2.34. The number of benzene rings is 2. The van der Waals surface area contributed by atoms with Gasteiger partial charge in [-0.05, 0) is 65.3 Å². The summed E-state index contributed by atoms with van der Waals surface area (Å²) in [6.45, 7) is 9.57. The molecule has 0 radical (unpaired) electrons. The predicted molar refractivity (Wildman–Crippen MR) is 154 cm³/mol. The Balaban J connectivity index is 2.16. The number of amides is 1. The summed E-state index contributed by atoms with van der Waals surface area (Å²) in [5.74, 6) is -0.152. The molecule has 2 atom stereocenters. The van der Waals surface area contributed by atoms with E-state index in [1.807, 2.05) is 0 Å². The van der Waals surface area contributed by atoms with Gasteiger partial charge in [0.25, 0.3) is 5.95 Å². The van der Waals surface area contributed by atoms with Crippen molar-refractivity contribution in [1.82, 2.24) is 19.3 Å². The van der Waals surface area contributed by atoms with Gasteiger partial charge in [0.2, 0.25) is 20.0 Å². The molecule has 0 fully saturated rings. The van der Waals surface area contributed by atoms with Gasteiger partial charge in [-0.2, -0.15) is 4.31 Å². The van der Waals surface area contributed by atoms with Gasteiger partial charge in [-0.15, -0.1) is 4.73 Å². The summed E-state index contributed by atoms with van der Waals surface area (Å²) in [7, 11) is -8.16. The van der Waals surface area contributed by atoms with Crippen LogP contribution in [0.2, 0.25) is 0 Å². The topological polar surface area (TPSA) is 169 Å². The first-order chi connectivity index (χ1) is 18.9. The summed E-state index contributed by atoms with van der Waals surface area (Å²) in [4.78, 5) is 22.5. The number of aliphatic hydroxyl groups excluding tert-OH is 1. The average molecular weight is 612 g/mol. The number of anilines is 1. The number of aromatic nitrogens is 2. The van der Waals surface area contributed by atoms with Crippen LogP contribution in [0, 0.1) is 0 Å². The highest BCUT2D eigenvalue weighted by atomic mass is 32.2. The molecule has 13 nitrogen and oxygen atoms in total. The fourth-order valence-electron chi connectivity index (χ4n) is 3.84. The van der Waals surface area contributed by atoms with Crippen molar-refractivity contribution in [2.24, 2.45) is 0 Å². The lowest BCUT2D eigenvalue weighted by molar-refractivity contribution is 0.0301. The second-order valence-electron chi connectivity index (χ2n) is 10.8. The Morgan fingerprint density at radius 3 is 2.24 bits per heavy atom. The van der Waals surface area contributed by atoms with Crippen LogP contribution in [0.1, 0.15) is 47.1 Å². The molecule has 3 rings (SSSR count). The Bertz CT molecular complexity index is 1580. The van der Waals surface area contributed by atoms with Crippen LogP contribution < -0.4 is 14.9 Å². The SMILES string of the molecule is CC(C)On1c(NS(C)(=O)=O)nc2ccc(S(=O)(=O)N(Cc3ccccc3)[C@H](NC(=O)OC(C)(C)C)[C@@H](C)O)cc21. The van der Waals surface area contributed by atoms with E-state index in [2.05, 4.69) is 15.0 Å². The fraction of sp³-hybridized carbons (Fsp3) is 0.462. The molecular formula is C26H37N5O8S2. The minimum absolute atomic E-state index is 0.152. The molecule has 1 heterocycles.